The summed E-state index contributed by atoms with van der Waals surface area (Å²) in [7, 11) is -4.33. The van der Waals surface area contributed by atoms with Gasteiger partial charge < -0.3 is 15.4 Å². The number of anilines is 2. The quantitative estimate of drug-likeness (QED) is 0.286. The Balaban J connectivity index is 1.09. The lowest BCUT2D eigenvalue weighted by molar-refractivity contribution is -0.384. The maximum absolute atomic E-state index is 13.0. The lowest BCUT2D eigenvalue weighted by Crippen LogP contribution is -2.49. The van der Waals surface area contributed by atoms with Crippen LogP contribution in [0.15, 0.2) is 47.4 Å². The number of rotatable bonds is 9. The molecule has 0 atom stereocenters. The Labute approximate surface area is 234 Å². The highest BCUT2D eigenvalue weighted by atomic mass is 32.2. The lowest BCUT2D eigenvalue weighted by atomic mass is 9.49. The van der Waals surface area contributed by atoms with Gasteiger partial charge in [0.2, 0.25) is 0 Å². The largest absolute Gasteiger partial charge is 0.384 e. The van der Waals surface area contributed by atoms with Crippen LogP contribution in [-0.4, -0.2) is 45.0 Å². The molecule has 1 aliphatic heterocycles. The third kappa shape index (κ3) is 5.67. The number of hydrogen-bond acceptors (Lipinski definition) is 8. The molecular formula is C29H36N4O6S. The van der Waals surface area contributed by atoms with Crippen LogP contribution in [0.3, 0.4) is 0 Å². The molecule has 7 rings (SSSR count). The number of amides is 1. The van der Waals surface area contributed by atoms with E-state index in [1.165, 1.54) is 50.7 Å². The smallest absolute Gasteiger partial charge is 0.293 e. The van der Waals surface area contributed by atoms with E-state index in [4.69, 9.17) is 4.74 Å². The van der Waals surface area contributed by atoms with Gasteiger partial charge >= 0.3 is 0 Å². The molecule has 1 amide bonds. The molecule has 2 aromatic rings. The molecule has 0 unspecified atom stereocenters. The average molecular weight is 569 g/mol. The second-order valence-corrected chi connectivity index (χ2v) is 13.9. The van der Waals surface area contributed by atoms with Crippen molar-refractivity contribution in [3.05, 3.63) is 58.1 Å². The maximum atomic E-state index is 13.0. The lowest BCUT2D eigenvalue weighted by Gasteiger charge is -2.57. The summed E-state index contributed by atoms with van der Waals surface area (Å²) in [5.74, 6) is 1.84. The normalized spacial score (nSPS) is 27.8. The number of nitrogens with one attached hydrogen (secondary N) is 3. The van der Waals surface area contributed by atoms with Crippen molar-refractivity contribution >= 4 is 33.0 Å². The molecule has 10 nitrogen and oxygen atoms in total. The van der Waals surface area contributed by atoms with Gasteiger partial charge in [-0.15, -0.1) is 0 Å². The Morgan fingerprint density at radius 3 is 2.20 bits per heavy atom. The Morgan fingerprint density at radius 1 is 0.975 bits per heavy atom. The summed E-state index contributed by atoms with van der Waals surface area (Å²) in [5, 5.41) is 18.4. The summed E-state index contributed by atoms with van der Waals surface area (Å²) in [6, 6.07) is 10.4. The van der Waals surface area contributed by atoms with Gasteiger partial charge in [-0.25, -0.2) is 13.1 Å². The zero-order chi connectivity index (χ0) is 27.9. The second kappa shape index (κ2) is 10.7. The summed E-state index contributed by atoms with van der Waals surface area (Å²) in [5.41, 5.74) is 1.34. The monoisotopic (exact) mass is 568 g/mol. The standard InChI is InChI=1S/C29H36N4O6S/c34-28(22-1-3-23(4-2-22)30-18-29-15-19-11-20(16-29)13-21(12-19)17-29)32-40(37,38)25-5-6-26(27(14-25)33(35)36)31-24-7-9-39-10-8-24/h1-6,14,19-21,24,30-31H,7-13,15-18H2,(H,32,34). The molecular weight excluding hydrogens is 532 g/mol. The Bertz CT molecular complexity index is 1350. The van der Waals surface area contributed by atoms with Crippen LogP contribution >= 0.6 is 0 Å². The van der Waals surface area contributed by atoms with Gasteiger partial charge in [-0.3, -0.25) is 14.9 Å². The highest BCUT2D eigenvalue weighted by Crippen LogP contribution is 2.59. The van der Waals surface area contributed by atoms with E-state index in [1.807, 2.05) is 4.72 Å². The van der Waals surface area contributed by atoms with Gasteiger partial charge in [-0.05, 0) is 111 Å². The molecule has 40 heavy (non-hydrogen) atoms. The molecule has 0 spiro atoms. The van der Waals surface area contributed by atoms with Gasteiger partial charge in [0.15, 0.2) is 0 Å². The minimum atomic E-state index is -4.33. The fourth-order valence-electron chi connectivity index (χ4n) is 7.79. The summed E-state index contributed by atoms with van der Waals surface area (Å²) in [6.07, 6.45) is 9.50. The number of carbonyl (C=O) groups is 1. The van der Waals surface area contributed by atoms with E-state index in [9.17, 15) is 23.3 Å². The first-order valence-electron chi connectivity index (χ1n) is 14.2. The third-order valence-electron chi connectivity index (χ3n) is 9.26. The molecule has 3 N–H and O–H groups in total. The van der Waals surface area contributed by atoms with Crippen molar-refractivity contribution in [2.45, 2.75) is 62.3 Å². The average Bonchev–Trinajstić information content (AvgIpc) is 2.92. The number of sulfonamides is 1. The molecule has 5 aliphatic rings. The van der Waals surface area contributed by atoms with E-state index in [1.54, 1.807) is 24.3 Å². The fraction of sp³-hybridized carbons (Fsp3) is 0.552. The number of carbonyl (C=O) groups excluding carboxylic acids is 1. The number of benzene rings is 2. The molecule has 214 valence electrons. The van der Waals surface area contributed by atoms with E-state index < -0.39 is 20.9 Å². The van der Waals surface area contributed by atoms with E-state index in [-0.39, 0.29) is 27.9 Å². The number of nitrogens with zero attached hydrogens (tertiary/aromatic N) is 1. The summed E-state index contributed by atoms with van der Waals surface area (Å²) in [6.45, 7) is 2.04. The van der Waals surface area contributed by atoms with Crippen molar-refractivity contribution in [2.24, 2.45) is 23.2 Å². The van der Waals surface area contributed by atoms with Crippen LogP contribution in [-0.2, 0) is 14.8 Å². The van der Waals surface area contributed by atoms with Gasteiger partial charge in [0, 0.05) is 43.1 Å². The van der Waals surface area contributed by atoms with Crippen LogP contribution in [0.2, 0.25) is 0 Å². The number of ether oxygens (including phenoxy) is 1. The number of hydrogen-bond donors (Lipinski definition) is 3. The van der Waals surface area contributed by atoms with E-state index >= 15 is 0 Å². The highest BCUT2D eigenvalue weighted by molar-refractivity contribution is 7.90. The maximum Gasteiger partial charge on any atom is 0.293 e. The van der Waals surface area contributed by atoms with Crippen molar-refractivity contribution in [2.75, 3.05) is 30.4 Å². The number of nitro benzene ring substituents is 1. The minimum Gasteiger partial charge on any atom is -0.384 e. The van der Waals surface area contributed by atoms with Crippen LogP contribution in [0.4, 0.5) is 17.1 Å². The van der Waals surface area contributed by atoms with Crippen LogP contribution < -0.4 is 15.4 Å². The molecule has 4 bridgehead atoms. The van der Waals surface area contributed by atoms with Gasteiger partial charge in [0.1, 0.15) is 5.69 Å². The first kappa shape index (κ1) is 27.0. The molecule has 0 radical (unpaired) electrons. The van der Waals surface area contributed by atoms with Gasteiger partial charge in [0.05, 0.1) is 9.82 Å². The van der Waals surface area contributed by atoms with E-state index in [2.05, 4.69) is 10.6 Å². The van der Waals surface area contributed by atoms with Crippen molar-refractivity contribution in [1.29, 1.82) is 0 Å². The topological polar surface area (TPSA) is 140 Å². The minimum absolute atomic E-state index is 0.000389. The van der Waals surface area contributed by atoms with Crippen LogP contribution in [0.1, 0.15) is 61.7 Å². The Kier molecular flexibility index (Phi) is 7.20. The van der Waals surface area contributed by atoms with Crippen molar-refractivity contribution in [3.63, 3.8) is 0 Å². The fourth-order valence-corrected chi connectivity index (χ4v) is 8.78. The SMILES string of the molecule is O=C(NS(=O)(=O)c1ccc(NC2CCOCC2)c([N+](=O)[O-])c1)c1ccc(NCC23CC4CC(CC(C4)C2)C3)cc1. The highest BCUT2D eigenvalue weighted by Gasteiger charge is 2.50. The zero-order valence-electron chi connectivity index (χ0n) is 22.4. The number of nitro groups is 1. The Morgan fingerprint density at radius 2 is 1.60 bits per heavy atom. The van der Waals surface area contributed by atoms with Crippen molar-refractivity contribution in [1.82, 2.24) is 4.72 Å². The van der Waals surface area contributed by atoms with E-state index in [0.29, 0.717) is 31.5 Å². The molecule has 2 aromatic carbocycles. The predicted octanol–water partition coefficient (Wildman–Crippen LogP) is 4.93. The zero-order valence-corrected chi connectivity index (χ0v) is 23.3. The molecule has 11 heteroatoms. The molecule has 1 heterocycles. The molecule has 1 saturated heterocycles. The van der Waals surface area contributed by atoms with Crippen molar-refractivity contribution < 1.29 is 22.9 Å². The Hall–Kier alpha value is -3.18. The molecule has 4 saturated carbocycles. The van der Waals surface area contributed by atoms with Crippen LogP contribution in [0.25, 0.3) is 0 Å². The van der Waals surface area contributed by atoms with Gasteiger partial charge in [-0.2, -0.15) is 0 Å². The summed E-state index contributed by atoms with van der Waals surface area (Å²) in [4.78, 5) is 23.5. The summed E-state index contributed by atoms with van der Waals surface area (Å²) >= 11 is 0. The second-order valence-electron chi connectivity index (χ2n) is 12.3. The van der Waals surface area contributed by atoms with Crippen LogP contribution in [0, 0.1) is 33.3 Å². The molecule has 4 aliphatic carbocycles. The first-order valence-corrected chi connectivity index (χ1v) is 15.7. The van der Waals surface area contributed by atoms with Gasteiger partial charge in [-0.1, -0.05) is 0 Å². The molecule has 0 aromatic heterocycles. The summed E-state index contributed by atoms with van der Waals surface area (Å²) < 4.78 is 33.3. The van der Waals surface area contributed by atoms with Gasteiger partial charge in [0.25, 0.3) is 21.6 Å². The predicted molar refractivity (Wildman–Crippen MR) is 151 cm³/mol. The van der Waals surface area contributed by atoms with Crippen LogP contribution in [0.5, 0.6) is 0 Å². The van der Waals surface area contributed by atoms with Crippen molar-refractivity contribution in [3.8, 4) is 0 Å². The molecule has 5 fully saturated rings. The first-order chi connectivity index (χ1) is 19.2. The third-order valence-corrected chi connectivity index (χ3v) is 10.6. The van der Waals surface area contributed by atoms with E-state index in [0.717, 1.165) is 36.1 Å².